The van der Waals surface area contributed by atoms with E-state index in [-0.39, 0.29) is 0 Å². The van der Waals surface area contributed by atoms with E-state index in [0.29, 0.717) is 11.5 Å². The first-order chi connectivity index (χ1) is 13.1. The highest BCUT2D eigenvalue weighted by atomic mass is 19.1. The second kappa shape index (κ2) is 7.31. The number of aliphatic hydroxyl groups is 1. The van der Waals surface area contributed by atoms with Crippen molar-refractivity contribution in [2.45, 2.75) is 38.3 Å². The van der Waals surface area contributed by atoms with Gasteiger partial charge in [0.05, 0.1) is 12.1 Å². The molecule has 2 aromatic carbocycles. The SMILES string of the molecule is CC(C)c1ccc(C2(C)NC(=O)N(CC(O)c3c(F)cccc3F)C2=O)cc1. The van der Waals surface area contributed by atoms with Gasteiger partial charge in [-0.1, -0.05) is 44.2 Å². The van der Waals surface area contributed by atoms with Crippen LogP contribution in [0.1, 0.15) is 49.5 Å². The van der Waals surface area contributed by atoms with Crippen LogP contribution in [0.5, 0.6) is 0 Å². The third-order valence-electron chi connectivity index (χ3n) is 5.12. The lowest BCUT2D eigenvalue weighted by molar-refractivity contribution is -0.132. The van der Waals surface area contributed by atoms with Crippen molar-refractivity contribution in [2.75, 3.05) is 6.54 Å². The number of halogens is 2. The van der Waals surface area contributed by atoms with Crippen LogP contribution in [0.25, 0.3) is 0 Å². The highest BCUT2D eigenvalue weighted by Crippen LogP contribution is 2.31. The second-order valence-electron chi connectivity index (χ2n) is 7.40. The molecule has 5 nitrogen and oxygen atoms in total. The molecule has 2 N–H and O–H groups in total. The molecule has 1 aliphatic rings. The summed E-state index contributed by atoms with van der Waals surface area (Å²) in [5, 5.41) is 12.9. The minimum absolute atomic E-state index is 0.318. The van der Waals surface area contributed by atoms with Crippen LogP contribution in [0.4, 0.5) is 13.6 Å². The summed E-state index contributed by atoms with van der Waals surface area (Å²) in [7, 11) is 0. The lowest BCUT2D eigenvalue weighted by Gasteiger charge is -2.24. The number of carbonyl (C=O) groups is 2. The highest BCUT2D eigenvalue weighted by Gasteiger charge is 2.49. The predicted octanol–water partition coefficient (Wildman–Crippen LogP) is 3.59. The predicted molar refractivity (Wildman–Crippen MR) is 99.4 cm³/mol. The maximum absolute atomic E-state index is 13.9. The molecule has 2 atom stereocenters. The number of β-amino-alcohol motifs (C(OH)–C–C–N with tert-alkyl or cyclic N) is 1. The average molecular weight is 388 g/mol. The molecule has 28 heavy (non-hydrogen) atoms. The molecule has 0 saturated carbocycles. The molecule has 1 heterocycles. The normalized spacial score (nSPS) is 20.6. The first-order valence-corrected chi connectivity index (χ1v) is 9.01. The molecular formula is C21H22F2N2O3. The molecule has 3 rings (SSSR count). The first kappa shape index (κ1) is 19.9. The minimum atomic E-state index is -1.68. The molecule has 0 bridgehead atoms. The minimum Gasteiger partial charge on any atom is -0.386 e. The van der Waals surface area contributed by atoms with Crippen molar-refractivity contribution < 1.29 is 23.5 Å². The van der Waals surface area contributed by atoms with Gasteiger partial charge in [-0.05, 0) is 36.1 Å². The number of nitrogens with one attached hydrogen (secondary N) is 1. The molecule has 148 valence electrons. The fraction of sp³-hybridized carbons (Fsp3) is 0.333. The Morgan fingerprint density at radius 3 is 2.18 bits per heavy atom. The van der Waals surface area contributed by atoms with Gasteiger partial charge in [-0.3, -0.25) is 9.69 Å². The van der Waals surface area contributed by atoms with Crippen LogP contribution in [0.2, 0.25) is 0 Å². The number of urea groups is 1. The fourth-order valence-corrected chi connectivity index (χ4v) is 3.35. The third kappa shape index (κ3) is 3.38. The number of hydrogen-bond donors (Lipinski definition) is 2. The van der Waals surface area contributed by atoms with E-state index in [2.05, 4.69) is 5.32 Å². The molecule has 1 fully saturated rings. The summed E-state index contributed by atoms with van der Waals surface area (Å²) in [6, 6.07) is 9.77. The van der Waals surface area contributed by atoms with Crippen LogP contribution >= 0.6 is 0 Å². The largest absolute Gasteiger partial charge is 0.386 e. The lowest BCUT2D eigenvalue weighted by atomic mass is 9.90. The van der Waals surface area contributed by atoms with Crippen molar-refractivity contribution in [3.8, 4) is 0 Å². The quantitative estimate of drug-likeness (QED) is 0.769. The maximum Gasteiger partial charge on any atom is 0.325 e. The summed E-state index contributed by atoms with van der Waals surface area (Å²) in [5.41, 5.74) is -0.214. The van der Waals surface area contributed by atoms with Crippen LogP contribution in [-0.4, -0.2) is 28.5 Å². The van der Waals surface area contributed by atoms with E-state index in [9.17, 15) is 23.5 Å². The van der Waals surface area contributed by atoms with Crippen LogP contribution in [0.3, 0.4) is 0 Å². The molecule has 2 unspecified atom stereocenters. The van der Waals surface area contributed by atoms with Crippen LogP contribution in [-0.2, 0) is 10.3 Å². The van der Waals surface area contributed by atoms with Gasteiger partial charge in [-0.2, -0.15) is 0 Å². The Morgan fingerprint density at radius 2 is 1.64 bits per heavy atom. The Bertz CT molecular complexity index is 894. The summed E-state index contributed by atoms with van der Waals surface area (Å²) in [5.74, 6) is -2.15. The Balaban J connectivity index is 1.85. The molecular weight excluding hydrogens is 366 g/mol. The highest BCUT2D eigenvalue weighted by molar-refractivity contribution is 6.07. The standard InChI is InChI=1S/C21H22F2N2O3/c1-12(2)13-7-9-14(10-8-13)21(3)19(27)25(20(28)24-21)11-17(26)18-15(22)5-4-6-16(18)23/h4-10,12,17,26H,11H2,1-3H3,(H,24,28). The monoisotopic (exact) mass is 388 g/mol. The van der Waals surface area contributed by atoms with E-state index in [1.807, 2.05) is 26.0 Å². The Hall–Kier alpha value is -2.80. The lowest BCUT2D eigenvalue weighted by Crippen LogP contribution is -2.41. The zero-order valence-corrected chi connectivity index (χ0v) is 15.9. The number of rotatable bonds is 5. The summed E-state index contributed by atoms with van der Waals surface area (Å²) < 4.78 is 27.8. The number of nitrogens with zero attached hydrogens (tertiary/aromatic N) is 1. The average Bonchev–Trinajstić information content (AvgIpc) is 2.86. The van der Waals surface area contributed by atoms with E-state index in [0.717, 1.165) is 22.6 Å². The molecule has 3 amide bonds. The second-order valence-corrected chi connectivity index (χ2v) is 7.40. The maximum atomic E-state index is 13.9. The van der Waals surface area contributed by atoms with Gasteiger partial charge < -0.3 is 10.4 Å². The van der Waals surface area contributed by atoms with Gasteiger partial charge in [-0.25, -0.2) is 13.6 Å². The van der Waals surface area contributed by atoms with Crippen molar-refractivity contribution in [1.29, 1.82) is 0 Å². The molecule has 0 aliphatic carbocycles. The van der Waals surface area contributed by atoms with Crippen LogP contribution < -0.4 is 5.32 Å². The van der Waals surface area contributed by atoms with Gasteiger partial charge in [0.25, 0.3) is 5.91 Å². The zero-order valence-electron chi connectivity index (χ0n) is 15.9. The Morgan fingerprint density at radius 1 is 1.07 bits per heavy atom. The number of carbonyl (C=O) groups excluding carboxylic acids is 2. The molecule has 0 aromatic heterocycles. The number of imide groups is 1. The van der Waals surface area contributed by atoms with Crippen molar-refractivity contribution in [3.63, 3.8) is 0 Å². The van der Waals surface area contributed by atoms with E-state index >= 15 is 0 Å². The van der Waals surface area contributed by atoms with Crippen molar-refractivity contribution in [1.82, 2.24) is 10.2 Å². The van der Waals surface area contributed by atoms with Gasteiger partial charge in [0.2, 0.25) is 0 Å². The first-order valence-electron chi connectivity index (χ1n) is 9.01. The molecule has 7 heteroatoms. The van der Waals surface area contributed by atoms with E-state index < -0.39 is 47.3 Å². The van der Waals surface area contributed by atoms with Crippen molar-refractivity contribution >= 4 is 11.9 Å². The molecule has 0 radical (unpaired) electrons. The van der Waals surface area contributed by atoms with E-state index in [1.165, 1.54) is 6.07 Å². The number of hydrogen-bond acceptors (Lipinski definition) is 3. The smallest absolute Gasteiger partial charge is 0.325 e. The number of benzene rings is 2. The van der Waals surface area contributed by atoms with Gasteiger partial charge in [0.15, 0.2) is 0 Å². The molecule has 0 spiro atoms. The van der Waals surface area contributed by atoms with Gasteiger partial charge in [-0.15, -0.1) is 0 Å². The molecule has 2 aromatic rings. The summed E-state index contributed by atoms with van der Waals surface area (Å²) >= 11 is 0. The van der Waals surface area contributed by atoms with Crippen molar-refractivity contribution in [3.05, 3.63) is 70.8 Å². The van der Waals surface area contributed by atoms with Crippen LogP contribution in [0.15, 0.2) is 42.5 Å². The third-order valence-corrected chi connectivity index (χ3v) is 5.12. The molecule has 1 aliphatic heterocycles. The van der Waals surface area contributed by atoms with Crippen LogP contribution in [0, 0.1) is 11.6 Å². The summed E-state index contributed by atoms with van der Waals surface area (Å²) in [6.45, 7) is 5.10. The van der Waals surface area contributed by atoms with Gasteiger partial charge in [0, 0.05) is 0 Å². The van der Waals surface area contributed by atoms with E-state index in [4.69, 9.17) is 0 Å². The topological polar surface area (TPSA) is 69.6 Å². The van der Waals surface area contributed by atoms with E-state index in [1.54, 1.807) is 19.1 Å². The summed E-state index contributed by atoms with van der Waals surface area (Å²) in [4.78, 5) is 26.1. The summed E-state index contributed by atoms with van der Waals surface area (Å²) in [6.07, 6.45) is -1.68. The Labute approximate surface area is 162 Å². The van der Waals surface area contributed by atoms with Gasteiger partial charge >= 0.3 is 6.03 Å². The fourth-order valence-electron chi connectivity index (χ4n) is 3.35. The van der Waals surface area contributed by atoms with Crippen molar-refractivity contribution in [2.24, 2.45) is 0 Å². The van der Waals surface area contributed by atoms with Gasteiger partial charge in [0.1, 0.15) is 23.3 Å². The molecule has 1 saturated heterocycles. The number of aliphatic hydroxyl groups excluding tert-OH is 1. The zero-order chi connectivity index (χ0) is 20.6. The Kier molecular flexibility index (Phi) is 5.21. The number of amides is 3.